The van der Waals surface area contributed by atoms with E-state index in [1.165, 1.54) is 42.5 Å². The number of nitrogens with zero attached hydrogens (tertiary/aromatic N) is 2. The Morgan fingerprint density at radius 1 is 0.905 bits per heavy atom. The van der Waals surface area contributed by atoms with Crippen LogP contribution in [0.3, 0.4) is 0 Å². The van der Waals surface area contributed by atoms with Crippen LogP contribution < -0.4 is 5.32 Å². The SMILES string of the molecule is O=C(C[C@H](c1cccc(F)c1)c1cn(Cc2ccccc2)c2ccc([N+](=O)[O-])cc12)NCc1cccc(C(F)(F)F)c1. The van der Waals surface area contributed by atoms with Gasteiger partial charge < -0.3 is 9.88 Å². The predicted octanol–water partition coefficient (Wildman–Crippen LogP) is 7.59. The van der Waals surface area contributed by atoms with E-state index in [9.17, 15) is 32.5 Å². The molecular formula is C32H25F4N3O3. The molecule has 4 aromatic carbocycles. The molecule has 1 aromatic heterocycles. The van der Waals surface area contributed by atoms with Crippen molar-refractivity contribution in [2.75, 3.05) is 0 Å². The molecule has 1 atom stereocenters. The molecule has 6 nitrogen and oxygen atoms in total. The number of amides is 1. The molecule has 1 N–H and O–H groups in total. The summed E-state index contributed by atoms with van der Waals surface area (Å²) in [5.41, 5.74) is 2.08. The number of nitro benzene ring substituents is 1. The third kappa shape index (κ3) is 6.49. The number of benzene rings is 4. The number of aromatic nitrogens is 1. The molecule has 0 saturated carbocycles. The first kappa shape index (κ1) is 28.5. The van der Waals surface area contributed by atoms with E-state index in [1.807, 2.05) is 41.1 Å². The van der Waals surface area contributed by atoms with Crippen LogP contribution >= 0.6 is 0 Å². The molecule has 5 aromatic rings. The summed E-state index contributed by atoms with van der Waals surface area (Å²) in [6, 6.07) is 24.5. The molecule has 0 bridgehead atoms. The summed E-state index contributed by atoms with van der Waals surface area (Å²) in [5, 5.41) is 14.8. The Kier molecular flexibility index (Phi) is 8.06. The molecule has 1 heterocycles. The van der Waals surface area contributed by atoms with Gasteiger partial charge in [-0.3, -0.25) is 14.9 Å². The molecule has 0 aliphatic carbocycles. The second-order valence-corrected chi connectivity index (χ2v) is 9.94. The van der Waals surface area contributed by atoms with Gasteiger partial charge >= 0.3 is 6.18 Å². The highest BCUT2D eigenvalue weighted by Gasteiger charge is 2.30. The average Bonchev–Trinajstić information content (AvgIpc) is 3.32. The maximum Gasteiger partial charge on any atom is 0.416 e. The molecular weight excluding hydrogens is 550 g/mol. The second-order valence-electron chi connectivity index (χ2n) is 9.94. The van der Waals surface area contributed by atoms with Crippen molar-refractivity contribution in [3.63, 3.8) is 0 Å². The lowest BCUT2D eigenvalue weighted by atomic mass is 9.87. The summed E-state index contributed by atoms with van der Waals surface area (Å²) >= 11 is 0. The van der Waals surface area contributed by atoms with Crippen molar-refractivity contribution < 1.29 is 27.3 Å². The van der Waals surface area contributed by atoms with Gasteiger partial charge in [0.05, 0.1) is 10.5 Å². The summed E-state index contributed by atoms with van der Waals surface area (Å²) in [7, 11) is 0. The lowest BCUT2D eigenvalue weighted by Gasteiger charge is -2.18. The zero-order valence-corrected chi connectivity index (χ0v) is 22.1. The van der Waals surface area contributed by atoms with Gasteiger partial charge in [0, 0.05) is 54.7 Å². The molecule has 0 radical (unpaired) electrons. The topological polar surface area (TPSA) is 77.2 Å². The van der Waals surface area contributed by atoms with E-state index >= 15 is 0 Å². The fraction of sp³-hybridized carbons (Fsp3) is 0.156. The van der Waals surface area contributed by atoms with Crippen molar-refractivity contribution in [2.24, 2.45) is 0 Å². The standard InChI is InChI=1S/C32H25F4N3O3/c33-25-11-5-9-23(15-25)27(17-31(40)37-18-22-8-4-10-24(14-22)32(34,35)36)29-20-38(19-21-6-2-1-3-7-21)30-13-12-26(39(41)42)16-28(29)30/h1-16,20,27H,17-19H2,(H,37,40)/t27-/m1/s1. The number of carbonyl (C=O) groups excluding carboxylic acids is 1. The van der Waals surface area contributed by atoms with Gasteiger partial charge in [-0.15, -0.1) is 0 Å². The van der Waals surface area contributed by atoms with Crippen LogP contribution in [0.5, 0.6) is 0 Å². The van der Waals surface area contributed by atoms with Crippen LogP contribution in [0.1, 0.15) is 40.2 Å². The van der Waals surface area contributed by atoms with Crippen molar-refractivity contribution in [3.05, 3.63) is 147 Å². The van der Waals surface area contributed by atoms with Gasteiger partial charge in [-0.25, -0.2) is 4.39 Å². The van der Waals surface area contributed by atoms with Gasteiger partial charge in [-0.05, 0) is 52.6 Å². The van der Waals surface area contributed by atoms with Crippen LogP contribution in [0.2, 0.25) is 0 Å². The van der Waals surface area contributed by atoms with Gasteiger partial charge in [0.1, 0.15) is 5.82 Å². The monoisotopic (exact) mass is 575 g/mol. The number of carbonyl (C=O) groups is 1. The molecule has 42 heavy (non-hydrogen) atoms. The first-order valence-electron chi connectivity index (χ1n) is 13.1. The molecule has 0 aliphatic heterocycles. The highest BCUT2D eigenvalue weighted by molar-refractivity contribution is 5.88. The highest BCUT2D eigenvalue weighted by atomic mass is 19.4. The van der Waals surface area contributed by atoms with Crippen molar-refractivity contribution in [2.45, 2.75) is 31.6 Å². The Balaban J connectivity index is 1.52. The Morgan fingerprint density at radius 2 is 1.64 bits per heavy atom. The molecule has 0 unspecified atom stereocenters. The van der Waals surface area contributed by atoms with Crippen molar-refractivity contribution >= 4 is 22.5 Å². The normalized spacial score (nSPS) is 12.3. The number of hydrogen-bond donors (Lipinski definition) is 1. The third-order valence-electron chi connectivity index (χ3n) is 7.06. The number of hydrogen-bond acceptors (Lipinski definition) is 3. The van der Waals surface area contributed by atoms with Crippen molar-refractivity contribution in [1.82, 2.24) is 9.88 Å². The quantitative estimate of drug-likeness (QED) is 0.112. The fourth-order valence-corrected chi connectivity index (χ4v) is 5.06. The maximum absolute atomic E-state index is 14.4. The summed E-state index contributed by atoms with van der Waals surface area (Å²) < 4.78 is 55.7. The Bertz CT molecular complexity index is 1750. The number of nitro groups is 1. The van der Waals surface area contributed by atoms with Crippen molar-refractivity contribution in [1.29, 1.82) is 0 Å². The largest absolute Gasteiger partial charge is 0.416 e. The van der Waals surface area contributed by atoms with Gasteiger partial charge in [0.2, 0.25) is 5.91 Å². The molecule has 214 valence electrons. The fourth-order valence-electron chi connectivity index (χ4n) is 5.06. The number of non-ortho nitro benzene ring substituents is 1. The molecule has 0 fully saturated rings. The summed E-state index contributed by atoms with van der Waals surface area (Å²) in [4.78, 5) is 24.3. The van der Waals surface area contributed by atoms with E-state index in [0.29, 0.717) is 28.6 Å². The second kappa shape index (κ2) is 11.9. The molecule has 0 aliphatic rings. The van der Waals surface area contributed by atoms with Crippen LogP contribution in [-0.4, -0.2) is 15.4 Å². The minimum absolute atomic E-state index is 0.131. The number of alkyl halides is 3. The minimum Gasteiger partial charge on any atom is -0.352 e. The van der Waals surface area contributed by atoms with Gasteiger partial charge in [-0.2, -0.15) is 13.2 Å². The number of nitrogens with one attached hydrogen (secondary N) is 1. The minimum atomic E-state index is -4.51. The van der Waals surface area contributed by atoms with Crippen LogP contribution in [0, 0.1) is 15.9 Å². The average molecular weight is 576 g/mol. The molecule has 0 saturated heterocycles. The van der Waals surface area contributed by atoms with Gasteiger partial charge in [0.25, 0.3) is 5.69 Å². The summed E-state index contributed by atoms with van der Waals surface area (Å²) in [5.74, 6) is -1.69. The summed E-state index contributed by atoms with van der Waals surface area (Å²) in [6.07, 6.45) is -2.87. The zero-order chi connectivity index (χ0) is 29.9. The molecule has 0 spiro atoms. The van der Waals surface area contributed by atoms with E-state index in [2.05, 4.69) is 5.32 Å². The summed E-state index contributed by atoms with van der Waals surface area (Å²) in [6.45, 7) is 0.312. The van der Waals surface area contributed by atoms with E-state index < -0.39 is 34.3 Å². The highest BCUT2D eigenvalue weighted by Crippen LogP contribution is 2.37. The lowest BCUT2D eigenvalue weighted by molar-refractivity contribution is -0.384. The maximum atomic E-state index is 14.4. The number of rotatable bonds is 9. The van der Waals surface area contributed by atoms with E-state index in [0.717, 1.165) is 17.7 Å². The van der Waals surface area contributed by atoms with E-state index in [1.54, 1.807) is 12.1 Å². The van der Waals surface area contributed by atoms with Crippen molar-refractivity contribution in [3.8, 4) is 0 Å². The molecule has 1 amide bonds. The van der Waals surface area contributed by atoms with Crippen LogP contribution in [0.15, 0.2) is 103 Å². The number of fused-ring (bicyclic) bond motifs is 1. The Morgan fingerprint density at radius 3 is 2.36 bits per heavy atom. The van der Waals surface area contributed by atoms with Gasteiger partial charge in [-0.1, -0.05) is 54.6 Å². The third-order valence-corrected chi connectivity index (χ3v) is 7.06. The van der Waals surface area contributed by atoms with E-state index in [-0.39, 0.29) is 24.2 Å². The van der Waals surface area contributed by atoms with E-state index in [4.69, 9.17) is 0 Å². The van der Waals surface area contributed by atoms with Crippen LogP contribution in [-0.2, 0) is 24.1 Å². The number of halogens is 4. The lowest BCUT2D eigenvalue weighted by Crippen LogP contribution is -2.25. The Hall–Kier alpha value is -4.99. The van der Waals surface area contributed by atoms with Crippen LogP contribution in [0.25, 0.3) is 10.9 Å². The zero-order valence-electron chi connectivity index (χ0n) is 22.1. The van der Waals surface area contributed by atoms with Gasteiger partial charge in [0.15, 0.2) is 0 Å². The predicted molar refractivity (Wildman–Crippen MR) is 150 cm³/mol. The molecule has 10 heteroatoms. The smallest absolute Gasteiger partial charge is 0.352 e. The van der Waals surface area contributed by atoms with Crippen LogP contribution in [0.4, 0.5) is 23.2 Å². The first-order valence-corrected chi connectivity index (χ1v) is 13.1. The Labute approximate surface area is 238 Å². The molecule has 5 rings (SSSR count). The first-order chi connectivity index (χ1) is 20.1.